The third-order valence-electron chi connectivity index (χ3n) is 4.22. The maximum Gasteiger partial charge on any atom is 0.291 e. The highest BCUT2D eigenvalue weighted by molar-refractivity contribution is 6.04. The molecular weight excluding hydrogens is 290 g/mol. The van der Waals surface area contributed by atoms with Crippen molar-refractivity contribution in [2.75, 3.05) is 23.3 Å². The third-order valence-corrected chi connectivity index (χ3v) is 4.22. The maximum absolute atomic E-state index is 12.3. The quantitative estimate of drug-likeness (QED) is 0.939. The fraction of sp³-hybridized carbons (Fsp3) is 0.333. The molecule has 0 unspecified atom stereocenters. The molecule has 1 N–H and O–H groups in total. The smallest absolute Gasteiger partial charge is 0.291 e. The molecule has 2 heterocycles. The van der Waals surface area contributed by atoms with Gasteiger partial charge in [0.25, 0.3) is 5.91 Å². The molecule has 0 bridgehead atoms. The average Bonchev–Trinajstić information content (AvgIpc) is 3.05. The van der Waals surface area contributed by atoms with Gasteiger partial charge in [0.05, 0.1) is 11.4 Å². The number of carbonyl (C=O) groups excluding carboxylic acids is 1. The van der Waals surface area contributed by atoms with Gasteiger partial charge in [-0.2, -0.15) is 5.26 Å². The maximum atomic E-state index is 12.3. The van der Waals surface area contributed by atoms with Gasteiger partial charge in [0, 0.05) is 13.1 Å². The van der Waals surface area contributed by atoms with E-state index >= 15 is 0 Å². The summed E-state index contributed by atoms with van der Waals surface area (Å²) in [6, 6.07) is 12.7. The first-order valence-corrected chi connectivity index (χ1v) is 7.82. The van der Waals surface area contributed by atoms with Crippen molar-refractivity contribution in [2.24, 2.45) is 5.92 Å². The molecule has 0 saturated carbocycles. The molecule has 23 heavy (non-hydrogen) atoms. The number of benzene rings is 1. The van der Waals surface area contributed by atoms with Crippen LogP contribution in [0.15, 0.2) is 40.8 Å². The van der Waals surface area contributed by atoms with E-state index in [4.69, 9.17) is 9.68 Å². The normalized spacial score (nSPS) is 15.2. The van der Waals surface area contributed by atoms with Crippen LogP contribution in [-0.4, -0.2) is 19.0 Å². The van der Waals surface area contributed by atoms with Crippen LogP contribution in [0.25, 0.3) is 0 Å². The van der Waals surface area contributed by atoms with Crippen molar-refractivity contribution < 1.29 is 9.21 Å². The van der Waals surface area contributed by atoms with Gasteiger partial charge in [-0.3, -0.25) is 4.79 Å². The highest BCUT2D eigenvalue weighted by Gasteiger charge is 2.20. The molecule has 2 aromatic rings. The van der Waals surface area contributed by atoms with Crippen molar-refractivity contribution >= 4 is 17.3 Å². The number of nitrogens with zero attached hydrogens (tertiary/aromatic N) is 2. The first kappa shape index (κ1) is 15.2. The fourth-order valence-electron chi connectivity index (χ4n) is 2.81. The highest BCUT2D eigenvalue weighted by atomic mass is 16.3. The highest BCUT2D eigenvalue weighted by Crippen LogP contribution is 2.30. The molecule has 1 fully saturated rings. The number of nitrogens with one attached hydrogen (secondary N) is 1. The molecular formula is C18H19N3O2. The summed E-state index contributed by atoms with van der Waals surface area (Å²) in [5, 5.41) is 11.7. The Hall–Kier alpha value is -2.74. The second-order valence-corrected chi connectivity index (χ2v) is 5.92. The molecule has 0 spiro atoms. The minimum atomic E-state index is -0.343. The number of piperidine rings is 1. The number of rotatable bonds is 3. The van der Waals surface area contributed by atoms with E-state index in [1.165, 1.54) is 12.1 Å². The number of para-hydroxylation sites is 2. The van der Waals surface area contributed by atoms with Gasteiger partial charge in [-0.25, -0.2) is 0 Å². The van der Waals surface area contributed by atoms with Crippen molar-refractivity contribution in [3.63, 3.8) is 0 Å². The molecule has 5 heteroatoms. The van der Waals surface area contributed by atoms with Crippen molar-refractivity contribution in [1.82, 2.24) is 0 Å². The molecule has 1 aliphatic rings. The SMILES string of the molecule is CC1CCN(c2ccccc2NC(=O)c2ccc(C#N)o2)CC1. The molecule has 0 aliphatic carbocycles. The van der Waals surface area contributed by atoms with Crippen LogP contribution >= 0.6 is 0 Å². The van der Waals surface area contributed by atoms with E-state index in [9.17, 15) is 4.79 Å². The van der Waals surface area contributed by atoms with Crippen LogP contribution in [0.3, 0.4) is 0 Å². The summed E-state index contributed by atoms with van der Waals surface area (Å²) in [6.07, 6.45) is 2.32. The van der Waals surface area contributed by atoms with Crippen LogP contribution in [-0.2, 0) is 0 Å². The Morgan fingerprint density at radius 3 is 2.70 bits per heavy atom. The number of nitriles is 1. The van der Waals surface area contributed by atoms with E-state index < -0.39 is 0 Å². The topological polar surface area (TPSA) is 69.3 Å². The molecule has 1 saturated heterocycles. The number of carbonyl (C=O) groups is 1. The summed E-state index contributed by atoms with van der Waals surface area (Å²) in [4.78, 5) is 14.6. The Balaban J connectivity index is 1.78. The van der Waals surface area contributed by atoms with Gasteiger partial charge >= 0.3 is 0 Å². The van der Waals surface area contributed by atoms with Gasteiger partial charge in [-0.15, -0.1) is 0 Å². The van der Waals surface area contributed by atoms with Gasteiger partial charge in [0.2, 0.25) is 5.76 Å². The number of amides is 1. The second-order valence-electron chi connectivity index (χ2n) is 5.92. The van der Waals surface area contributed by atoms with E-state index in [1.807, 2.05) is 30.3 Å². The summed E-state index contributed by atoms with van der Waals surface area (Å²) >= 11 is 0. The first-order valence-electron chi connectivity index (χ1n) is 7.82. The minimum absolute atomic E-state index is 0.133. The van der Waals surface area contributed by atoms with Gasteiger partial charge in [-0.05, 0) is 43.0 Å². The summed E-state index contributed by atoms with van der Waals surface area (Å²) in [5.41, 5.74) is 1.79. The Morgan fingerprint density at radius 1 is 1.26 bits per heavy atom. The number of furan rings is 1. The van der Waals surface area contributed by atoms with Gasteiger partial charge in [-0.1, -0.05) is 19.1 Å². The van der Waals surface area contributed by atoms with Gasteiger partial charge in [0.1, 0.15) is 6.07 Å². The Morgan fingerprint density at radius 2 is 2.00 bits per heavy atom. The Bertz CT molecular complexity index is 737. The molecule has 118 valence electrons. The zero-order valence-electron chi connectivity index (χ0n) is 13.1. The Labute approximate surface area is 135 Å². The standard InChI is InChI=1S/C18H19N3O2/c1-13-8-10-21(11-9-13)16-5-3-2-4-15(16)20-18(22)17-7-6-14(12-19)23-17/h2-7,13H,8-11H2,1H3,(H,20,22). The number of hydrogen-bond donors (Lipinski definition) is 1. The summed E-state index contributed by atoms with van der Waals surface area (Å²) in [7, 11) is 0. The molecule has 1 aliphatic heterocycles. The van der Waals surface area contributed by atoms with E-state index in [1.54, 1.807) is 0 Å². The minimum Gasteiger partial charge on any atom is -0.440 e. The van der Waals surface area contributed by atoms with E-state index in [-0.39, 0.29) is 17.4 Å². The van der Waals surface area contributed by atoms with E-state index in [0.717, 1.165) is 43.2 Å². The van der Waals surface area contributed by atoms with Gasteiger partial charge < -0.3 is 14.6 Å². The van der Waals surface area contributed by atoms with Crippen molar-refractivity contribution in [1.29, 1.82) is 5.26 Å². The summed E-state index contributed by atoms with van der Waals surface area (Å²) in [6.45, 7) is 4.26. The largest absolute Gasteiger partial charge is 0.440 e. The zero-order chi connectivity index (χ0) is 16.2. The lowest BCUT2D eigenvalue weighted by Crippen LogP contribution is -2.33. The predicted molar refractivity (Wildman–Crippen MR) is 88.4 cm³/mol. The number of hydrogen-bond acceptors (Lipinski definition) is 4. The van der Waals surface area contributed by atoms with Crippen molar-refractivity contribution in [3.05, 3.63) is 47.9 Å². The molecule has 1 aromatic carbocycles. The monoisotopic (exact) mass is 309 g/mol. The number of anilines is 2. The predicted octanol–water partition coefficient (Wildman–Crippen LogP) is 3.64. The molecule has 1 amide bonds. The lowest BCUT2D eigenvalue weighted by Gasteiger charge is -2.33. The van der Waals surface area contributed by atoms with Crippen LogP contribution in [0.4, 0.5) is 11.4 Å². The second kappa shape index (κ2) is 6.57. The fourth-order valence-corrected chi connectivity index (χ4v) is 2.81. The molecule has 1 aromatic heterocycles. The Kier molecular flexibility index (Phi) is 4.33. The first-order chi connectivity index (χ1) is 11.2. The molecule has 0 radical (unpaired) electrons. The van der Waals surface area contributed by atoms with E-state index in [0.29, 0.717) is 0 Å². The van der Waals surface area contributed by atoms with Crippen LogP contribution in [0, 0.1) is 17.2 Å². The third kappa shape index (κ3) is 3.37. The van der Waals surface area contributed by atoms with Crippen molar-refractivity contribution in [2.45, 2.75) is 19.8 Å². The lowest BCUT2D eigenvalue weighted by molar-refractivity contribution is 0.0996. The zero-order valence-corrected chi connectivity index (χ0v) is 13.1. The lowest BCUT2D eigenvalue weighted by atomic mass is 9.98. The van der Waals surface area contributed by atoms with Crippen LogP contribution in [0.2, 0.25) is 0 Å². The van der Waals surface area contributed by atoms with Crippen LogP contribution in [0.1, 0.15) is 36.1 Å². The van der Waals surface area contributed by atoms with Crippen molar-refractivity contribution in [3.8, 4) is 6.07 Å². The molecule has 5 nitrogen and oxygen atoms in total. The molecule has 3 rings (SSSR count). The van der Waals surface area contributed by atoms with Crippen LogP contribution < -0.4 is 10.2 Å². The summed E-state index contributed by atoms with van der Waals surface area (Å²) in [5.74, 6) is 0.682. The van der Waals surface area contributed by atoms with Crippen LogP contribution in [0.5, 0.6) is 0 Å². The van der Waals surface area contributed by atoms with E-state index in [2.05, 4.69) is 17.1 Å². The average molecular weight is 309 g/mol. The van der Waals surface area contributed by atoms with Gasteiger partial charge in [0.15, 0.2) is 5.76 Å². The summed E-state index contributed by atoms with van der Waals surface area (Å²) < 4.78 is 5.18. The molecule has 0 atom stereocenters.